The minimum atomic E-state index is -0.268. The van der Waals surface area contributed by atoms with E-state index in [0.717, 1.165) is 17.0 Å². The van der Waals surface area contributed by atoms with Crippen molar-refractivity contribution in [1.29, 1.82) is 5.26 Å². The monoisotopic (exact) mass is 385 g/mol. The van der Waals surface area contributed by atoms with E-state index in [1.165, 1.54) is 16.4 Å². The van der Waals surface area contributed by atoms with Gasteiger partial charge in [-0.3, -0.25) is 4.79 Å². The number of thioether (sulfide) groups is 1. The van der Waals surface area contributed by atoms with Gasteiger partial charge >= 0.3 is 0 Å². The molecular formula is C17H19N7O2S. The lowest BCUT2D eigenvalue weighted by molar-refractivity contribution is -0.113. The highest BCUT2D eigenvalue weighted by Crippen LogP contribution is 2.28. The number of hydrogen-bond donors (Lipinski definition) is 2. The van der Waals surface area contributed by atoms with E-state index in [1.54, 1.807) is 19.3 Å². The second-order valence-corrected chi connectivity index (χ2v) is 6.89. The van der Waals surface area contributed by atoms with Crippen LogP contribution in [0.2, 0.25) is 0 Å². The van der Waals surface area contributed by atoms with Crippen molar-refractivity contribution in [2.75, 3.05) is 16.9 Å². The van der Waals surface area contributed by atoms with Crippen LogP contribution in [-0.4, -0.2) is 31.1 Å². The number of nitrogens with two attached hydrogens (primary N) is 1. The first-order chi connectivity index (χ1) is 12.9. The van der Waals surface area contributed by atoms with Gasteiger partial charge in [0.1, 0.15) is 23.5 Å². The van der Waals surface area contributed by atoms with Crippen LogP contribution in [0.5, 0.6) is 0 Å². The molecule has 0 saturated heterocycles. The number of nitrogen functional groups attached to an aromatic ring is 1. The normalized spacial score (nSPS) is 10.7. The summed E-state index contributed by atoms with van der Waals surface area (Å²) in [5.41, 5.74) is 2.16. The molecule has 0 atom stereocenters. The first-order valence-electron chi connectivity index (χ1n) is 8.14. The third-order valence-electron chi connectivity index (χ3n) is 4.26. The Labute approximate surface area is 160 Å². The molecule has 140 valence electrons. The molecule has 0 bridgehead atoms. The molecule has 0 radical (unpaired) electrons. The van der Waals surface area contributed by atoms with Crippen LogP contribution in [0.3, 0.4) is 0 Å². The summed E-state index contributed by atoms with van der Waals surface area (Å²) in [4.78, 5) is 12.5. The van der Waals surface area contributed by atoms with Gasteiger partial charge in [-0.2, -0.15) is 5.26 Å². The van der Waals surface area contributed by atoms with Crippen LogP contribution < -0.4 is 11.2 Å². The Morgan fingerprint density at radius 1 is 1.41 bits per heavy atom. The Bertz CT molecular complexity index is 1010. The molecule has 3 aromatic heterocycles. The molecule has 0 unspecified atom stereocenters. The second kappa shape index (κ2) is 7.59. The van der Waals surface area contributed by atoms with Crippen molar-refractivity contribution in [2.45, 2.75) is 32.5 Å². The topological polar surface area (TPSA) is 128 Å². The van der Waals surface area contributed by atoms with Crippen LogP contribution >= 0.6 is 11.8 Å². The first-order valence-corrected chi connectivity index (χ1v) is 9.12. The van der Waals surface area contributed by atoms with E-state index in [4.69, 9.17) is 10.3 Å². The van der Waals surface area contributed by atoms with Gasteiger partial charge in [0.25, 0.3) is 0 Å². The van der Waals surface area contributed by atoms with E-state index < -0.39 is 0 Å². The SMILES string of the molecule is Cc1c(C#N)c(NC(=O)CSc2nnc(C)n2N)n(Cc2ccco2)c1C. The number of nitrogens with one attached hydrogen (secondary N) is 1. The summed E-state index contributed by atoms with van der Waals surface area (Å²) in [6, 6.07) is 5.82. The number of anilines is 1. The molecular weight excluding hydrogens is 366 g/mol. The Balaban J connectivity index is 1.80. The maximum atomic E-state index is 12.5. The third-order valence-corrected chi connectivity index (χ3v) is 5.20. The summed E-state index contributed by atoms with van der Waals surface area (Å²) in [6.45, 7) is 5.91. The summed E-state index contributed by atoms with van der Waals surface area (Å²) in [6.07, 6.45) is 1.59. The van der Waals surface area contributed by atoms with E-state index in [1.807, 2.05) is 24.5 Å². The van der Waals surface area contributed by atoms with Gasteiger partial charge in [-0.05, 0) is 38.5 Å². The van der Waals surface area contributed by atoms with E-state index >= 15 is 0 Å². The van der Waals surface area contributed by atoms with Crippen molar-refractivity contribution in [3.63, 3.8) is 0 Å². The zero-order valence-electron chi connectivity index (χ0n) is 15.2. The van der Waals surface area contributed by atoms with Gasteiger partial charge < -0.3 is 20.1 Å². The number of hydrogen-bond acceptors (Lipinski definition) is 7. The number of carbonyl (C=O) groups excluding carboxylic acids is 1. The van der Waals surface area contributed by atoms with Gasteiger partial charge in [0.2, 0.25) is 11.1 Å². The quantitative estimate of drug-likeness (QED) is 0.490. The minimum absolute atomic E-state index is 0.0875. The molecule has 0 aliphatic carbocycles. The predicted molar refractivity (Wildman–Crippen MR) is 101 cm³/mol. The van der Waals surface area contributed by atoms with Crippen molar-refractivity contribution < 1.29 is 9.21 Å². The standard InChI is InChI=1S/C17H19N7O2S/c1-10-11(2)23(8-13-5-4-6-26-13)16(14(10)7-18)20-15(25)9-27-17-22-21-12(3)24(17)19/h4-6H,8-9,19H2,1-3H3,(H,20,25). The summed E-state index contributed by atoms with van der Waals surface area (Å²) in [7, 11) is 0. The number of furan rings is 1. The van der Waals surface area contributed by atoms with Gasteiger partial charge in [0.15, 0.2) is 0 Å². The Kier molecular flexibility index (Phi) is 5.23. The van der Waals surface area contributed by atoms with E-state index in [9.17, 15) is 10.1 Å². The summed E-state index contributed by atoms with van der Waals surface area (Å²) < 4.78 is 8.60. The van der Waals surface area contributed by atoms with E-state index in [0.29, 0.717) is 28.9 Å². The molecule has 9 nitrogen and oxygen atoms in total. The first kappa shape index (κ1) is 18.6. The summed E-state index contributed by atoms with van der Waals surface area (Å²) in [5, 5.41) is 20.6. The van der Waals surface area contributed by atoms with Gasteiger partial charge in [-0.15, -0.1) is 10.2 Å². The number of nitrogens with zero attached hydrogens (tertiary/aromatic N) is 5. The second-order valence-electron chi connectivity index (χ2n) is 5.95. The number of rotatable bonds is 6. The Morgan fingerprint density at radius 3 is 2.78 bits per heavy atom. The lowest BCUT2D eigenvalue weighted by Gasteiger charge is -2.11. The molecule has 0 spiro atoms. The molecule has 1 amide bonds. The molecule has 10 heteroatoms. The fourth-order valence-corrected chi connectivity index (χ4v) is 3.34. The lowest BCUT2D eigenvalue weighted by Crippen LogP contribution is -2.19. The van der Waals surface area contributed by atoms with Crippen LogP contribution in [0.1, 0.15) is 28.4 Å². The molecule has 0 aromatic carbocycles. The number of carbonyl (C=O) groups is 1. The molecule has 3 N–H and O–H groups in total. The lowest BCUT2D eigenvalue weighted by atomic mass is 10.2. The highest BCUT2D eigenvalue weighted by Gasteiger charge is 2.21. The molecule has 3 aromatic rings. The van der Waals surface area contributed by atoms with Crippen molar-refractivity contribution in [1.82, 2.24) is 19.4 Å². The van der Waals surface area contributed by atoms with Crippen LogP contribution in [0, 0.1) is 32.1 Å². The summed E-state index contributed by atoms with van der Waals surface area (Å²) in [5.74, 6) is 7.36. The summed E-state index contributed by atoms with van der Waals surface area (Å²) >= 11 is 1.17. The van der Waals surface area contributed by atoms with Gasteiger partial charge in [0.05, 0.1) is 24.1 Å². The Hall–Kier alpha value is -3.19. The van der Waals surface area contributed by atoms with Crippen molar-refractivity contribution in [3.8, 4) is 6.07 Å². The molecule has 0 saturated carbocycles. The van der Waals surface area contributed by atoms with Gasteiger partial charge in [0, 0.05) is 5.69 Å². The van der Waals surface area contributed by atoms with Crippen LogP contribution in [0.4, 0.5) is 5.82 Å². The van der Waals surface area contributed by atoms with Crippen LogP contribution in [-0.2, 0) is 11.3 Å². The average molecular weight is 385 g/mol. The molecule has 0 aliphatic rings. The third kappa shape index (κ3) is 3.68. The van der Waals surface area contributed by atoms with E-state index in [2.05, 4.69) is 21.6 Å². The van der Waals surface area contributed by atoms with E-state index in [-0.39, 0.29) is 11.7 Å². The zero-order chi connectivity index (χ0) is 19.6. The number of nitriles is 1. The fraction of sp³-hybridized carbons (Fsp3) is 0.294. The largest absolute Gasteiger partial charge is 0.467 e. The van der Waals surface area contributed by atoms with Crippen molar-refractivity contribution in [3.05, 3.63) is 46.8 Å². The number of aryl methyl sites for hydroxylation is 1. The smallest absolute Gasteiger partial charge is 0.235 e. The molecule has 3 heterocycles. The zero-order valence-corrected chi connectivity index (χ0v) is 16.0. The van der Waals surface area contributed by atoms with Crippen LogP contribution in [0.25, 0.3) is 0 Å². The Morgan fingerprint density at radius 2 is 2.19 bits per heavy atom. The van der Waals surface area contributed by atoms with Gasteiger partial charge in [-0.1, -0.05) is 11.8 Å². The average Bonchev–Trinajstić information content (AvgIpc) is 3.32. The maximum absolute atomic E-state index is 12.5. The highest BCUT2D eigenvalue weighted by atomic mass is 32.2. The van der Waals surface area contributed by atoms with Crippen LogP contribution in [0.15, 0.2) is 28.0 Å². The van der Waals surface area contributed by atoms with Crippen molar-refractivity contribution >= 4 is 23.5 Å². The predicted octanol–water partition coefficient (Wildman–Crippen LogP) is 1.96. The molecule has 0 aliphatic heterocycles. The number of aromatic nitrogens is 4. The fourth-order valence-electron chi connectivity index (χ4n) is 2.63. The number of amides is 1. The maximum Gasteiger partial charge on any atom is 0.235 e. The minimum Gasteiger partial charge on any atom is -0.467 e. The van der Waals surface area contributed by atoms with Crippen molar-refractivity contribution in [2.24, 2.45) is 0 Å². The van der Waals surface area contributed by atoms with Gasteiger partial charge in [-0.25, -0.2) is 4.68 Å². The highest BCUT2D eigenvalue weighted by molar-refractivity contribution is 7.99. The molecule has 27 heavy (non-hydrogen) atoms. The molecule has 3 rings (SSSR count). The molecule has 0 fully saturated rings.